The Morgan fingerprint density at radius 3 is 2.84 bits per heavy atom. The van der Waals surface area contributed by atoms with Gasteiger partial charge in [0.2, 0.25) is 0 Å². The summed E-state index contributed by atoms with van der Waals surface area (Å²) in [7, 11) is 1.78. The van der Waals surface area contributed by atoms with Crippen LogP contribution in [0.4, 0.5) is 0 Å². The standard InChI is InChI=1S/C13H12ClIN2OS/c1-8-16-6-10(19-8)7-17(2)13(18)9-3-4-12(15)11(14)5-9/h3-6H,7H2,1-2H3. The van der Waals surface area contributed by atoms with E-state index in [1.54, 1.807) is 35.4 Å². The molecule has 0 bridgehead atoms. The molecule has 0 aliphatic heterocycles. The molecular weight excluding hydrogens is 395 g/mol. The van der Waals surface area contributed by atoms with Gasteiger partial charge in [-0.2, -0.15) is 0 Å². The fourth-order valence-electron chi connectivity index (χ4n) is 1.63. The molecular formula is C13H12ClIN2OS. The van der Waals surface area contributed by atoms with Crippen LogP contribution in [0.15, 0.2) is 24.4 Å². The summed E-state index contributed by atoms with van der Waals surface area (Å²) in [5.41, 5.74) is 0.606. The van der Waals surface area contributed by atoms with E-state index in [4.69, 9.17) is 11.6 Å². The molecule has 0 fully saturated rings. The molecule has 0 saturated carbocycles. The average Bonchev–Trinajstić information content (AvgIpc) is 2.77. The van der Waals surface area contributed by atoms with Crippen molar-refractivity contribution in [3.8, 4) is 0 Å². The summed E-state index contributed by atoms with van der Waals surface area (Å²) in [6.07, 6.45) is 1.81. The van der Waals surface area contributed by atoms with E-state index in [1.807, 2.05) is 19.2 Å². The van der Waals surface area contributed by atoms with Crippen molar-refractivity contribution in [3.05, 3.63) is 48.4 Å². The third kappa shape index (κ3) is 3.67. The van der Waals surface area contributed by atoms with Crippen molar-refractivity contribution in [2.24, 2.45) is 0 Å². The number of carbonyl (C=O) groups excluding carboxylic acids is 1. The largest absolute Gasteiger partial charge is 0.337 e. The van der Waals surface area contributed by atoms with Crippen LogP contribution in [0.25, 0.3) is 0 Å². The van der Waals surface area contributed by atoms with E-state index < -0.39 is 0 Å². The second kappa shape index (κ2) is 6.19. The van der Waals surface area contributed by atoms with Crippen LogP contribution in [-0.2, 0) is 6.54 Å². The predicted octanol–water partition coefficient (Wildman–Crippen LogP) is 3.98. The summed E-state index contributed by atoms with van der Waals surface area (Å²) in [5, 5.41) is 1.61. The van der Waals surface area contributed by atoms with Gasteiger partial charge in [0.25, 0.3) is 5.91 Å². The highest BCUT2D eigenvalue weighted by molar-refractivity contribution is 14.1. The smallest absolute Gasteiger partial charge is 0.253 e. The monoisotopic (exact) mass is 406 g/mol. The lowest BCUT2D eigenvalue weighted by Gasteiger charge is -2.16. The lowest BCUT2D eigenvalue weighted by molar-refractivity contribution is 0.0786. The van der Waals surface area contributed by atoms with Crippen molar-refractivity contribution in [2.75, 3.05) is 7.05 Å². The van der Waals surface area contributed by atoms with Gasteiger partial charge in [-0.25, -0.2) is 4.98 Å². The van der Waals surface area contributed by atoms with E-state index in [2.05, 4.69) is 27.6 Å². The zero-order valence-corrected chi connectivity index (χ0v) is 14.2. The number of nitrogens with zero attached hydrogens (tertiary/aromatic N) is 2. The van der Waals surface area contributed by atoms with Crippen LogP contribution in [0.3, 0.4) is 0 Å². The first-order chi connectivity index (χ1) is 8.97. The second-order valence-corrected chi connectivity index (χ2v) is 7.02. The van der Waals surface area contributed by atoms with Gasteiger partial charge < -0.3 is 4.90 Å². The van der Waals surface area contributed by atoms with Gasteiger partial charge in [-0.1, -0.05) is 11.6 Å². The molecule has 0 spiro atoms. The third-order valence-corrected chi connectivity index (χ3v) is 5.05. The minimum Gasteiger partial charge on any atom is -0.337 e. The minimum atomic E-state index is -0.0376. The highest BCUT2D eigenvalue weighted by atomic mass is 127. The molecule has 19 heavy (non-hydrogen) atoms. The molecule has 2 rings (SSSR count). The Morgan fingerprint density at radius 1 is 1.53 bits per heavy atom. The Balaban J connectivity index is 2.12. The summed E-state index contributed by atoms with van der Waals surface area (Å²) in [4.78, 5) is 19.2. The van der Waals surface area contributed by atoms with Crippen LogP contribution in [0.2, 0.25) is 5.02 Å². The molecule has 2 aromatic rings. The molecule has 0 N–H and O–H groups in total. The number of halogens is 2. The first-order valence-corrected chi connectivity index (χ1v) is 7.86. The van der Waals surface area contributed by atoms with Crippen LogP contribution >= 0.6 is 45.5 Å². The zero-order chi connectivity index (χ0) is 14.0. The van der Waals surface area contributed by atoms with E-state index in [9.17, 15) is 4.79 Å². The molecule has 0 unspecified atom stereocenters. The highest BCUT2D eigenvalue weighted by Gasteiger charge is 2.14. The molecule has 0 saturated heterocycles. The molecule has 1 heterocycles. The van der Waals surface area contributed by atoms with E-state index in [-0.39, 0.29) is 5.91 Å². The Hall–Kier alpha value is -0.660. The van der Waals surface area contributed by atoms with E-state index in [0.717, 1.165) is 13.5 Å². The molecule has 0 aliphatic rings. The molecule has 1 aromatic carbocycles. The number of benzene rings is 1. The van der Waals surface area contributed by atoms with Gasteiger partial charge in [0.05, 0.1) is 16.6 Å². The summed E-state index contributed by atoms with van der Waals surface area (Å²) < 4.78 is 0.941. The molecule has 0 atom stereocenters. The average molecular weight is 407 g/mol. The first-order valence-electron chi connectivity index (χ1n) is 5.59. The fourth-order valence-corrected chi connectivity index (χ4v) is 3.00. The van der Waals surface area contributed by atoms with Crippen molar-refractivity contribution in [1.29, 1.82) is 0 Å². The molecule has 3 nitrogen and oxygen atoms in total. The van der Waals surface area contributed by atoms with Gasteiger partial charge >= 0.3 is 0 Å². The summed E-state index contributed by atoms with van der Waals surface area (Å²) in [6, 6.07) is 5.35. The third-order valence-electron chi connectivity index (χ3n) is 2.58. The number of aryl methyl sites for hydroxylation is 1. The topological polar surface area (TPSA) is 33.2 Å². The van der Waals surface area contributed by atoms with Crippen LogP contribution in [-0.4, -0.2) is 22.8 Å². The van der Waals surface area contributed by atoms with Gasteiger partial charge in [-0.05, 0) is 47.7 Å². The van der Waals surface area contributed by atoms with Gasteiger partial charge in [0.1, 0.15) is 0 Å². The van der Waals surface area contributed by atoms with Gasteiger partial charge in [-0.15, -0.1) is 11.3 Å². The Bertz CT molecular complexity index is 614. The Labute approximate surface area is 134 Å². The van der Waals surface area contributed by atoms with Crippen molar-refractivity contribution in [3.63, 3.8) is 0 Å². The molecule has 1 amide bonds. The Kier molecular flexibility index (Phi) is 4.81. The maximum absolute atomic E-state index is 12.3. The maximum atomic E-state index is 12.3. The number of hydrogen-bond donors (Lipinski definition) is 0. The van der Waals surface area contributed by atoms with Crippen molar-refractivity contribution >= 4 is 51.4 Å². The van der Waals surface area contributed by atoms with E-state index in [1.165, 1.54) is 0 Å². The van der Waals surface area contributed by atoms with Crippen molar-refractivity contribution in [1.82, 2.24) is 9.88 Å². The predicted molar refractivity (Wildman–Crippen MR) is 86.8 cm³/mol. The molecule has 1 aromatic heterocycles. The molecule has 100 valence electrons. The van der Waals surface area contributed by atoms with Gasteiger partial charge in [0, 0.05) is 27.3 Å². The lowest BCUT2D eigenvalue weighted by atomic mass is 10.2. The minimum absolute atomic E-state index is 0.0376. The number of aromatic nitrogens is 1. The lowest BCUT2D eigenvalue weighted by Crippen LogP contribution is -2.25. The van der Waals surface area contributed by atoms with E-state index >= 15 is 0 Å². The van der Waals surface area contributed by atoms with Crippen molar-refractivity contribution < 1.29 is 4.79 Å². The highest BCUT2D eigenvalue weighted by Crippen LogP contribution is 2.21. The second-order valence-electron chi connectivity index (χ2n) is 4.14. The number of thiazole rings is 1. The maximum Gasteiger partial charge on any atom is 0.253 e. The van der Waals surface area contributed by atoms with Crippen LogP contribution in [0.5, 0.6) is 0 Å². The fraction of sp³-hybridized carbons (Fsp3) is 0.231. The SMILES string of the molecule is Cc1ncc(CN(C)C(=O)c2ccc(I)c(Cl)c2)s1. The first kappa shape index (κ1) is 14.7. The van der Waals surface area contributed by atoms with Gasteiger partial charge in [0.15, 0.2) is 0 Å². The molecule has 0 radical (unpaired) electrons. The summed E-state index contributed by atoms with van der Waals surface area (Å²) >= 11 is 9.78. The number of amides is 1. The summed E-state index contributed by atoms with van der Waals surface area (Å²) in [5.74, 6) is -0.0376. The Morgan fingerprint density at radius 2 is 2.26 bits per heavy atom. The number of hydrogen-bond acceptors (Lipinski definition) is 3. The van der Waals surface area contributed by atoms with E-state index in [0.29, 0.717) is 17.1 Å². The van der Waals surface area contributed by atoms with Gasteiger partial charge in [-0.3, -0.25) is 4.79 Å². The zero-order valence-electron chi connectivity index (χ0n) is 10.5. The number of rotatable bonds is 3. The summed E-state index contributed by atoms with van der Waals surface area (Å²) in [6.45, 7) is 2.52. The molecule has 6 heteroatoms. The van der Waals surface area contributed by atoms with Crippen molar-refractivity contribution in [2.45, 2.75) is 13.5 Å². The van der Waals surface area contributed by atoms with Crippen LogP contribution in [0.1, 0.15) is 20.2 Å². The normalized spacial score (nSPS) is 10.5. The van der Waals surface area contributed by atoms with Crippen LogP contribution in [0, 0.1) is 10.5 Å². The van der Waals surface area contributed by atoms with Crippen LogP contribution < -0.4 is 0 Å². The number of carbonyl (C=O) groups is 1. The quantitative estimate of drug-likeness (QED) is 0.722. The molecule has 0 aliphatic carbocycles.